The molecule has 11 heteroatoms. The summed E-state index contributed by atoms with van der Waals surface area (Å²) in [6.07, 6.45) is 0. The fourth-order valence-corrected chi connectivity index (χ4v) is 3.75. The largest absolute Gasteiger partial charge is 0.465 e. The molecule has 1 heterocycles. The van der Waals surface area contributed by atoms with Crippen molar-refractivity contribution < 1.29 is 23.9 Å². The second-order valence-electron chi connectivity index (χ2n) is 6.43. The molecule has 0 saturated heterocycles. The molecule has 3 aromatic rings. The number of hydrogen-bond acceptors (Lipinski definition) is 8. The summed E-state index contributed by atoms with van der Waals surface area (Å²) in [4.78, 5) is 36.4. The maximum Gasteiger partial charge on any atom is 0.339 e. The summed E-state index contributed by atoms with van der Waals surface area (Å²) in [5.74, 6) is -1.11. The third kappa shape index (κ3) is 5.09. The van der Waals surface area contributed by atoms with E-state index in [9.17, 15) is 14.4 Å². The van der Waals surface area contributed by atoms with Gasteiger partial charge in [0.1, 0.15) is 0 Å². The van der Waals surface area contributed by atoms with Crippen molar-refractivity contribution in [3.05, 3.63) is 58.6 Å². The predicted molar refractivity (Wildman–Crippen MR) is 120 cm³/mol. The number of thioether (sulfide) groups is 1. The van der Waals surface area contributed by atoms with E-state index >= 15 is 0 Å². The van der Waals surface area contributed by atoms with Crippen molar-refractivity contribution in [3.63, 3.8) is 0 Å². The predicted octanol–water partition coefficient (Wildman–Crippen LogP) is 3.44. The molecule has 1 amide bonds. The number of anilines is 1. The molecule has 1 N–H and O–H groups in total. The molecule has 0 atom stereocenters. The first-order valence-corrected chi connectivity index (χ1v) is 10.6. The molecule has 0 saturated carbocycles. The fraction of sp³-hybridized carbons (Fsp3) is 0.190. The van der Waals surface area contributed by atoms with Crippen LogP contribution in [0.1, 0.15) is 20.7 Å². The Hall–Kier alpha value is -3.37. The number of amides is 1. The highest BCUT2D eigenvalue weighted by molar-refractivity contribution is 7.99. The summed E-state index contributed by atoms with van der Waals surface area (Å²) in [5, 5.41) is 12.0. The van der Waals surface area contributed by atoms with E-state index in [-0.39, 0.29) is 22.6 Å². The zero-order valence-corrected chi connectivity index (χ0v) is 19.0. The minimum Gasteiger partial charge on any atom is -0.465 e. The molecule has 0 aliphatic carbocycles. The van der Waals surface area contributed by atoms with Crippen LogP contribution in [0.3, 0.4) is 0 Å². The Bertz CT molecular complexity index is 1180. The molecule has 0 radical (unpaired) electrons. The van der Waals surface area contributed by atoms with Crippen LogP contribution in [-0.4, -0.2) is 52.6 Å². The van der Waals surface area contributed by atoms with Gasteiger partial charge in [0, 0.05) is 12.6 Å². The van der Waals surface area contributed by atoms with Gasteiger partial charge in [0.25, 0.3) is 0 Å². The van der Waals surface area contributed by atoms with E-state index in [4.69, 9.17) is 16.3 Å². The number of halogens is 1. The summed E-state index contributed by atoms with van der Waals surface area (Å²) in [6, 6.07) is 11.4. The van der Waals surface area contributed by atoms with E-state index in [2.05, 4.69) is 20.3 Å². The van der Waals surface area contributed by atoms with E-state index in [0.29, 0.717) is 16.0 Å². The van der Waals surface area contributed by atoms with Crippen molar-refractivity contribution in [2.24, 2.45) is 7.05 Å². The van der Waals surface area contributed by atoms with E-state index in [1.54, 1.807) is 17.7 Å². The number of nitrogens with zero attached hydrogens (tertiary/aromatic N) is 3. The second kappa shape index (κ2) is 10.3. The lowest BCUT2D eigenvalue weighted by Gasteiger charge is -2.11. The van der Waals surface area contributed by atoms with Crippen LogP contribution in [0.4, 0.5) is 5.69 Å². The van der Waals surface area contributed by atoms with Gasteiger partial charge in [0.15, 0.2) is 11.0 Å². The molecule has 3 rings (SSSR count). The maximum atomic E-state index is 12.6. The molecule has 0 unspecified atom stereocenters. The van der Waals surface area contributed by atoms with E-state index in [1.807, 2.05) is 18.2 Å². The number of rotatable bonds is 7. The van der Waals surface area contributed by atoms with Crippen molar-refractivity contribution in [1.82, 2.24) is 14.8 Å². The average Bonchev–Trinajstić information content (AvgIpc) is 3.16. The van der Waals surface area contributed by atoms with Crippen LogP contribution in [0.15, 0.2) is 47.6 Å². The molecule has 0 spiro atoms. The monoisotopic (exact) mass is 474 g/mol. The van der Waals surface area contributed by atoms with Crippen molar-refractivity contribution in [2.45, 2.75) is 5.16 Å². The van der Waals surface area contributed by atoms with Crippen LogP contribution in [-0.2, 0) is 21.3 Å². The first-order valence-electron chi connectivity index (χ1n) is 9.23. The molecule has 32 heavy (non-hydrogen) atoms. The zero-order valence-electron chi connectivity index (χ0n) is 17.4. The van der Waals surface area contributed by atoms with Gasteiger partial charge in [0.05, 0.1) is 41.8 Å². The number of benzene rings is 2. The molecular formula is C21H19ClN4O5S. The maximum absolute atomic E-state index is 12.6. The summed E-state index contributed by atoms with van der Waals surface area (Å²) < 4.78 is 11.2. The van der Waals surface area contributed by atoms with Gasteiger partial charge in [-0.1, -0.05) is 35.5 Å². The minimum absolute atomic E-state index is 0.0163. The summed E-state index contributed by atoms with van der Waals surface area (Å²) >= 11 is 7.39. The summed E-state index contributed by atoms with van der Waals surface area (Å²) in [6.45, 7) is 0. The molecule has 166 valence electrons. The van der Waals surface area contributed by atoms with Crippen molar-refractivity contribution in [3.8, 4) is 11.4 Å². The highest BCUT2D eigenvalue weighted by Gasteiger charge is 2.19. The number of methoxy groups -OCH3 is 2. The number of nitrogens with one attached hydrogen (secondary N) is 1. The van der Waals surface area contributed by atoms with Crippen molar-refractivity contribution in [2.75, 3.05) is 25.3 Å². The van der Waals surface area contributed by atoms with Gasteiger partial charge < -0.3 is 19.4 Å². The molecular weight excluding hydrogens is 456 g/mol. The topological polar surface area (TPSA) is 112 Å². The number of carbonyl (C=O) groups is 3. The lowest BCUT2D eigenvalue weighted by atomic mass is 10.1. The molecule has 9 nitrogen and oxygen atoms in total. The number of hydrogen-bond donors (Lipinski definition) is 1. The van der Waals surface area contributed by atoms with E-state index < -0.39 is 17.8 Å². The molecule has 0 aliphatic heterocycles. The third-order valence-electron chi connectivity index (χ3n) is 4.40. The molecule has 0 aliphatic rings. The van der Waals surface area contributed by atoms with Gasteiger partial charge in [-0.05, 0) is 30.3 Å². The van der Waals surface area contributed by atoms with Crippen LogP contribution in [0.2, 0.25) is 5.02 Å². The van der Waals surface area contributed by atoms with Crippen LogP contribution in [0, 0.1) is 0 Å². The first kappa shape index (κ1) is 23.3. The molecule has 2 aromatic carbocycles. The Morgan fingerprint density at radius 2 is 1.78 bits per heavy atom. The Balaban J connectivity index is 1.75. The molecule has 0 bridgehead atoms. The Labute approximate surface area is 193 Å². The number of aromatic nitrogens is 3. The van der Waals surface area contributed by atoms with Gasteiger partial charge >= 0.3 is 11.9 Å². The lowest BCUT2D eigenvalue weighted by Crippen LogP contribution is -2.18. The van der Waals surface area contributed by atoms with Gasteiger partial charge in [0.2, 0.25) is 5.91 Å². The Morgan fingerprint density at radius 3 is 2.47 bits per heavy atom. The van der Waals surface area contributed by atoms with Gasteiger partial charge in [-0.2, -0.15) is 0 Å². The number of ether oxygens (including phenoxy) is 2. The molecule has 1 aromatic heterocycles. The smallest absolute Gasteiger partial charge is 0.339 e. The summed E-state index contributed by atoms with van der Waals surface area (Å²) in [5.41, 5.74) is 1.15. The van der Waals surface area contributed by atoms with Crippen LogP contribution in [0.25, 0.3) is 11.4 Å². The van der Waals surface area contributed by atoms with Crippen molar-refractivity contribution in [1.29, 1.82) is 0 Å². The van der Waals surface area contributed by atoms with Crippen LogP contribution < -0.4 is 5.32 Å². The number of carbonyl (C=O) groups excluding carboxylic acids is 3. The average molecular weight is 475 g/mol. The SMILES string of the molecule is COC(=O)c1ccc(C(=O)OC)c(NC(=O)CSc2nnc(-c3ccccc3Cl)n2C)c1. The van der Waals surface area contributed by atoms with Gasteiger partial charge in [-0.25, -0.2) is 9.59 Å². The van der Waals surface area contributed by atoms with Crippen LogP contribution >= 0.6 is 23.4 Å². The quantitative estimate of drug-likeness (QED) is 0.409. The lowest BCUT2D eigenvalue weighted by molar-refractivity contribution is -0.113. The fourth-order valence-electron chi connectivity index (χ4n) is 2.81. The first-order chi connectivity index (χ1) is 15.3. The Morgan fingerprint density at radius 1 is 1.06 bits per heavy atom. The standard InChI is InChI=1S/C21H19ClN4O5S/c1-26-18(13-6-4-5-7-15(13)22)24-25-21(26)32-11-17(27)23-16-10-12(19(28)30-2)8-9-14(16)20(29)31-3/h4-10H,11H2,1-3H3,(H,23,27). The van der Waals surface area contributed by atoms with Gasteiger partial charge in [-0.3, -0.25) is 4.79 Å². The van der Waals surface area contributed by atoms with E-state index in [0.717, 1.165) is 17.3 Å². The third-order valence-corrected chi connectivity index (χ3v) is 5.75. The second-order valence-corrected chi connectivity index (χ2v) is 7.78. The van der Waals surface area contributed by atoms with Crippen molar-refractivity contribution >= 4 is 46.9 Å². The Kier molecular flexibility index (Phi) is 7.49. The van der Waals surface area contributed by atoms with Crippen LogP contribution in [0.5, 0.6) is 0 Å². The minimum atomic E-state index is -0.651. The highest BCUT2D eigenvalue weighted by atomic mass is 35.5. The normalized spacial score (nSPS) is 10.5. The zero-order chi connectivity index (χ0) is 23.3. The highest BCUT2D eigenvalue weighted by Crippen LogP contribution is 2.28. The number of esters is 2. The molecule has 0 fully saturated rings. The van der Waals surface area contributed by atoms with Gasteiger partial charge in [-0.15, -0.1) is 10.2 Å². The summed E-state index contributed by atoms with van der Waals surface area (Å²) in [7, 11) is 4.24. The van der Waals surface area contributed by atoms with E-state index in [1.165, 1.54) is 32.4 Å².